The molecule has 1 heterocycles. The van der Waals surface area contributed by atoms with E-state index in [1.54, 1.807) is 18.0 Å². The Morgan fingerprint density at radius 3 is 2.63 bits per heavy atom. The maximum atomic E-state index is 6.25. The molecule has 100 valence electrons. The summed E-state index contributed by atoms with van der Waals surface area (Å²) in [5, 5.41) is 2.27. The molecule has 19 heavy (non-hydrogen) atoms. The van der Waals surface area contributed by atoms with Crippen LogP contribution in [0.5, 0.6) is 0 Å². The Kier molecular flexibility index (Phi) is 5.11. The van der Waals surface area contributed by atoms with Gasteiger partial charge in [0.25, 0.3) is 0 Å². The topological polar surface area (TPSA) is 38.9 Å². The minimum Gasteiger partial charge on any atom is -0.328 e. The fourth-order valence-corrected chi connectivity index (χ4v) is 2.88. The van der Waals surface area contributed by atoms with Crippen LogP contribution in [-0.4, -0.2) is 11.0 Å². The second kappa shape index (κ2) is 6.62. The Morgan fingerprint density at radius 2 is 2.05 bits per heavy atom. The van der Waals surface area contributed by atoms with Crippen LogP contribution in [0.25, 0.3) is 0 Å². The number of nitrogens with zero attached hydrogens (tertiary/aromatic N) is 1. The number of nitrogens with two attached hydrogens (primary N) is 1. The largest absolute Gasteiger partial charge is 0.328 e. The van der Waals surface area contributed by atoms with Gasteiger partial charge in [0.05, 0.1) is 5.02 Å². The van der Waals surface area contributed by atoms with Crippen molar-refractivity contribution in [3.8, 4) is 0 Å². The monoisotopic (exact) mass is 312 g/mol. The van der Waals surface area contributed by atoms with Gasteiger partial charge in [-0.1, -0.05) is 41.0 Å². The molecule has 1 atom stereocenters. The van der Waals surface area contributed by atoms with Gasteiger partial charge in [0, 0.05) is 22.2 Å². The fourth-order valence-electron chi connectivity index (χ4n) is 1.65. The first-order valence-electron chi connectivity index (χ1n) is 5.88. The average Bonchev–Trinajstić information content (AvgIpc) is 2.35. The second-order valence-corrected chi connectivity index (χ2v) is 6.29. The normalized spacial score (nSPS) is 12.4. The summed E-state index contributed by atoms with van der Waals surface area (Å²) in [5.74, 6) is 0. The standard InChI is InChI=1S/C14H14Cl2N2S/c1-9(17)6-10-2-4-12(7-13(10)16)19-14-5-3-11(15)8-18-14/h2-5,7-9H,6,17H2,1H3. The van der Waals surface area contributed by atoms with Crippen LogP contribution in [-0.2, 0) is 6.42 Å². The molecule has 2 N–H and O–H groups in total. The molecule has 1 unspecified atom stereocenters. The molecule has 1 aromatic heterocycles. The number of rotatable bonds is 4. The molecule has 0 bridgehead atoms. The third kappa shape index (κ3) is 4.39. The van der Waals surface area contributed by atoms with Crippen LogP contribution in [0.3, 0.4) is 0 Å². The predicted octanol–water partition coefficient (Wildman–Crippen LogP) is 4.43. The van der Waals surface area contributed by atoms with Crippen LogP contribution in [0.2, 0.25) is 10.0 Å². The maximum Gasteiger partial charge on any atom is 0.101 e. The summed E-state index contributed by atoms with van der Waals surface area (Å²) in [7, 11) is 0. The summed E-state index contributed by atoms with van der Waals surface area (Å²) < 4.78 is 0. The van der Waals surface area contributed by atoms with Crippen LogP contribution in [0.15, 0.2) is 46.5 Å². The van der Waals surface area contributed by atoms with E-state index in [-0.39, 0.29) is 6.04 Å². The molecule has 1 aromatic carbocycles. The van der Waals surface area contributed by atoms with Crippen LogP contribution in [0.4, 0.5) is 0 Å². The summed E-state index contributed by atoms with van der Waals surface area (Å²) in [5.41, 5.74) is 6.86. The Balaban J connectivity index is 2.13. The highest BCUT2D eigenvalue weighted by Crippen LogP contribution is 2.30. The zero-order valence-corrected chi connectivity index (χ0v) is 12.8. The highest BCUT2D eigenvalue weighted by molar-refractivity contribution is 7.99. The Morgan fingerprint density at radius 1 is 1.26 bits per heavy atom. The quantitative estimate of drug-likeness (QED) is 0.907. The number of benzene rings is 1. The van der Waals surface area contributed by atoms with E-state index in [4.69, 9.17) is 28.9 Å². The predicted molar refractivity (Wildman–Crippen MR) is 82.2 cm³/mol. The van der Waals surface area contributed by atoms with E-state index in [0.717, 1.165) is 26.9 Å². The lowest BCUT2D eigenvalue weighted by atomic mass is 10.1. The SMILES string of the molecule is CC(N)Cc1ccc(Sc2ccc(Cl)cn2)cc1Cl. The van der Waals surface area contributed by atoms with Gasteiger partial charge in [0.1, 0.15) is 5.03 Å². The first-order valence-corrected chi connectivity index (χ1v) is 7.45. The molecule has 0 spiro atoms. The van der Waals surface area contributed by atoms with Gasteiger partial charge in [-0.3, -0.25) is 0 Å². The molecular formula is C14H14Cl2N2S. The third-order valence-electron chi connectivity index (χ3n) is 2.49. The number of pyridine rings is 1. The van der Waals surface area contributed by atoms with Crippen LogP contribution in [0.1, 0.15) is 12.5 Å². The Bertz CT molecular complexity index is 556. The molecule has 0 aliphatic rings. The van der Waals surface area contributed by atoms with Crippen molar-refractivity contribution in [3.63, 3.8) is 0 Å². The minimum absolute atomic E-state index is 0.105. The van der Waals surface area contributed by atoms with Crippen LogP contribution < -0.4 is 5.73 Å². The van der Waals surface area contributed by atoms with Crippen molar-refractivity contribution >= 4 is 35.0 Å². The maximum absolute atomic E-state index is 6.25. The summed E-state index contributed by atoms with van der Waals surface area (Å²) in [6, 6.07) is 9.81. The van der Waals surface area contributed by atoms with E-state index in [0.29, 0.717) is 5.02 Å². The molecule has 5 heteroatoms. The summed E-state index contributed by atoms with van der Waals surface area (Å²) in [4.78, 5) is 5.29. The van der Waals surface area contributed by atoms with Gasteiger partial charge in [-0.15, -0.1) is 0 Å². The summed E-state index contributed by atoms with van der Waals surface area (Å²) >= 11 is 13.6. The van der Waals surface area contributed by atoms with E-state index in [1.807, 2.05) is 37.3 Å². The molecular weight excluding hydrogens is 299 g/mol. The Labute approximate surface area is 127 Å². The summed E-state index contributed by atoms with van der Waals surface area (Å²) in [6.45, 7) is 1.97. The molecule has 0 amide bonds. The lowest BCUT2D eigenvalue weighted by Gasteiger charge is -2.09. The van der Waals surface area contributed by atoms with Gasteiger partial charge in [-0.2, -0.15) is 0 Å². The van der Waals surface area contributed by atoms with E-state index in [9.17, 15) is 0 Å². The van der Waals surface area contributed by atoms with Crippen molar-refractivity contribution in [1.29, 1.82) is 0 Å². The molecule has 0 radical (unpaired) electrons. The zero-order chi connectivity index (χ0) is 13.8. The third-order valence-corrected chi connectivity index (χ3v) is 4.00. The van der Waals surface area contributed by atoms with Gasteiger partial charge in [0.15, 0.2) is 0 Å². The first kappa shape index (κ1) is 14.7. The first-order chi connectivity index (χ1) is 9.04. The van der Waals surface area contributed by atoms with Gasteiger partial charge < -0.3 is 5.73 Å². The average molecular weight is 313 g/mol. The van der Waals surface area contributed by atoms with Crippen molar-refractivity contribution < 1.29 is 0 Å². The van der Waals surface area contributed by atoms with Crippen molar-refractivity contribution in [2.75, 3.05) is 0 Å². The van der Waals surface area contributed by atoms with Crippen molar-refractivity contribution in [2.45, 2.75) is 29.3 Å². The summed E-state index contributed by atoms with van der Waals surface area (Å²) in [6.07, 6.45) is 2.42. The number of aromatic nitrogens is 1. The van der Waals surface area contributed by atoms with Gasteiger partial charge >= 0.3 is 0 Å². The smallest absolute Gasteiger partial charge is 0.101 e. The molecule has 0 saturated carbocycles. The van der Waals surface area contributed by atoms with Crippen molar-refractivity contribution in [1.82, 2.24) is 4.98 Å². The number of halogens is 2. The molecule has 0 aliphatic carbocycles. The highest BCUT2D eigenvalue weighted by atomic mass is 35.5. The molecule has 0 aliphatic heterocycles. The van der Waals surface area contributed by atoms with Crippen molar-refractivity contribution in [2.24, 2.45) is 5.73 Å². The van der Waals surface area contributed by atoms with E-state index in [1.165, 1.54) is 0 Å². The number of hydrogen-bond donors (Lipinski definition) is 1. The van der Waals surface area contributed by atoms with Gasteiger partial charge in [-0.25, -0.2) is 4.98 Å². The second-order valence-electron chi connectivity index (χ2n) is 4.35. The van der Waals surface area contributed by atoms with Crippen LogP contribution in [0, 0.1) is 0 Å². The highest BCUT2D eigenvalue weighted by Gasteiger charge is 2.06. The fraction of sp³-hybridized carbons (Fsp3) is 0.214. The molecule has 0 saturated heterocycles. The zero-order valence-electron chi connectivity index (χ0n) is 10.4. The van der Waals surface area contributed by atoms with E-state index >= 15 is 0 Å². The lowest BCUT2D eigenvalue weighted by molar-refractivity contribution is 0.738. The van der Waals surface area contributed by atoms with Crippen LogP contribution >= 0.6 is 35.0 Å². The van der Waals surface area contributed by atoms with Gasteiger partial charge in [-0.05, 0) is 43.2 Å². The molecule has 2 rings (SSSR count). The Hall–Kier alpha value is -0.740. The number of hydrogen-bond acceptors (Lipinski definition) is 3. The lowest BCUT2D eigenvalue weighted by Crippen LogP contribution is -2.17. The molecule has 0 fully saturated rings. The van der Waals surface area contributed by atoms with E-state index < -0.39 is 0 Å². The van der Waals surface area contributed by atoms with Crippen molar-refractivity contribution in [3.05, 3.63) is 52.1 Å². The van der Waals surface area contributed by atoms with E-state index in [2.05, 4.69) is 4.98 Å². The minimum atomic E-state index is 0.105. The molecule has 2 aromatic rings. The molecule has 2 nitrogen and oxygen atoms in total. The van der Waals surface area contributed by atoms with Gasteiger partial charge in [0.2, 0.25) is 0 Å².